The van der Waals surface area contributed by atoms with Gasteiger partial charge in [0.05, 0.1) is 30.5 Å². The second-order valence-electron chi connectivity index (χ2n) is 4.22. The molecule has 2 aliphatic rings. The minimum atomic E-state index is -3.23. The first kappa shape index (κ1) is 13.2. The number of nitrogens with zero attached hydrogens (tertiary/aromatic N) is 2. The van der Waals surface area contributed by atoms with E-state index in [0.717, 1.165) is 0 Å². The van der Waals surface area contributed by atoms with Crippen LogP contribution in [0.3, 0.4) is 0 Å². The Balaban J connectivity index is 1.93. The summed E-state index contributed by atoms with van der Waals surface area (Å²) >= 11 is 0. The zero-order valence-electron chi connectivity index (χ0n) is 9.41. The molecule has 2 rings (SSSR count). The summed E-state index contributed by atoms with van der Waals surface area (Å²) < 4.78 is 52.2. The van der Waals surface area contributed by atoms with Gasteiger partial charge in [-0.2, -0.15) is 4.31 Å². The maximum Gasteiger partial charge on any atom is 0.219 e. The third-order valence-corrected chi connectivity index (χ3v) is 6.21. The van der Waals surface area contributed by atoms with Crippen molar-refractivity contribution in [1.29, 1.82) is 0 Å². The lowest BCUT2D eigenvalue weighted by Crippen LogP contribution is -2.50. The van der Waals surface area contributed by atoms with Crippen LogP contribution in [0.15, 0.2) is 0 Å². The number of rotatable bonds is 2. The number of sulfone groups is 1. The topological polar surface area (TPSA) is 84.0 Å². The van der Waals surface area contributed by atoms with Gasteiger partial charge in [0.15, 0.2) is 9.84 Å². The van der Waals surface area contributed by atoms with E-state index in [4.69, 9.17) is 4.74 Å². The minimum absolute atomic E-state index is 0.000855. The highest BCUT2D eigenvalue weighted by Crippen LogP contribution is 2.11. The first-order valence-corrected chi connectivity index (χ1v) is 8.80. The van der Waals surface area contributed by atoms with E-state index in [1.165, 1.54) is 4.31 Å². The molecular formula is C8H16N2O5S2. The molecule has 7 nitrogen and oxygen atoms in total. The van der Waals surface area contributed by atoms with Gasteiger partial charge in [0.2, 0.25) is 10.0 Å². The molecule has 0 radical (unpaired) electrons. The molecule has 0 saturated carbocycles. The normalized spacial score (nSPS) is 30.1. The summed E-state index contributed by atoms with van der Waals surface area (Å²) in [6.07, 6.45) is 0. The van der Waals surface area contributed by atoms with E-state index >= 15 is 0 Å². The van der Waals surface area contributed by atoms with Crippen LogP contribution in [0.1, 0.15) is 0 Å². The summed E-state index contributed by atoms with van der Waals surface area (Å²) in [6.45, 7) is 1.28. The molecule has 0 atom stereocenters. The summed E-state index contributed by atoms with van der Waals surface area (Å²) in [5, 5.41) is 0. The van der Waals surface area contributed by atoms with Gasteiger partial charge in [-0.25, -0.2) is 16.8 Å². The fourth-order valence-corrected chi connectivity index (χ4v) is 4.22. The fraction of sp³-hybridized carbons (Fsp3) is 1.00. The van der Waals surface area contributed by atoms with Gasteiger partial charge in [0.25, 0.3) is 0 Å². The largest absolute Gasteiger partial charge is 0.364 e. The highest BCUT2D eigenvalue weighted by atomic mass is 32.2. The number of hydrogen-bond donors (Lipinski definition) is 0. The Morgan fingerprint density at radius 2 is 1.65 bits per heavy atom. The summed E-state index contributed by atoms with van der Waals surface area (Å²) in [4.78, 5) is 1.83. The zero-order valence-corrected chi connectivity index (χ0v) is 11.0. The van der Waals surface area contributed by atoms with Crippen molar-refractivity contribution in [2.45, 2.75) is 0 Å². The molecule has 0 amide bonds. The Morgan fingerprint density at radius 3 is 2.24 bits per heavy atom. The lowest BCUT2D eigenvalue weighted by molar-refractivity contribution is 0.0404. The van der Waals surface area contributed by atoms with Gasteiger partial charge >= 0.3 is 0 Å². The average molecular weight is 284 g/mol. The molecule has 2 fully saturated rings. The van der Waals surface area contributed by atoms with Gasteiger partial charge < -0.3 is 4.74 Å². The molecule has 0 aliphatic carbocycles. The van der Waals surface area contributed by atoms with Gasteiger partial charge in [-0.15, -0.1) is 0 Å². The molecule has 2 saturated heterocycles. The van der Waals surface area contributed by atoms with E-state index < -0.39 is 19.9 Å². The lowest BCUT2D eigenvalue weighted by atomic mass is 10.5. The maximum absolute atomic E-state index is 11.7. The van der Waals surface area contributed by atoms with E-state index in [1.807, 2.05) is 4.90 Å². The van der Waals surface area contributed by atoms with Gasteiger partial charge in [0, 0.05) is 13.1 Å². The molecule has 0 aromatic carbocycles. The fourth-order valence-electron chi connectivity index (χ4n) is 1.78. The van der Waals surface area contributed by atoms with Gasteiger partial charge in [-0.3, -0.25) is 4.90 Å². The minimum Gasteiger partial charge on any atom is -0.364 e. The molecule has 0 unspecified atom stereocenters. The van der Waals surface area contributed by atoms with Crippen LogP contribution in [0.25, 0.3) is 0 Å². The highest BCUT2D eigenvalue weighted by Gasteiger charge is 2.30. The second-order valence-corrected chi connectivity index (χ2v) is 8.61. The number of hydrogen-bond acceptors (Lipinski definition) is 6. The lowest BCUT2D eigenvalue weighted by Gasteiger charge is -2.33. The van der Waals surface area contributed by atoms with Crippen molar-refractivity contribution in [3.8, 4) is 0 Å². The maximum atomic E-state index is 11.7. The van der Waals surface area contributed by atoms with E-state index in [9.17, 15) is 16.8 Å². The van der Waals surface area contributed by atoms with E-state index in [0.29, 0.717) is 13.1 Å². The van der Waals surface area contributed by atoms with Gasteiger partial charge in [-0.1, -0.05) is 0 Å². The van der Waals surface area contributed by atoms with Crippen molar-refractivity contribution in [3.63, 3.8) is 0 Å². The van der Waals surface area contributed by atoms with E-state index in [-0.39, 0.29) is 37.3 Å². The van der Waals surface area contributed by atoms with Crippen molar-refractivity contribution in [3.05, 3.63) is 0 Å². The number of sulfonamides is 1. The van der Waals surface area contributed by atoms with Crippen LogP contribution in [-0.4, -0.2) is 76.4 Å². The standard InChI is InChI=1S/C8H16N2O5S2/c11-16(12)4-1-9(2-5-16)7-10-8-15-3-6-17(10,13)14/h1-8H2. The van der Waals surface area contributed by atoms with Crippen molar-refractivity contribution < 1.29 is 21.6 Å². The molecule has 0 bridgehead atoms. The predicted molar refractivity (Wildman–Crippen MR) is 61.5 cm³/mol. The quantitative estimate of drug-likeness (QED) is 0.600. The van der Waals surface area contributed by atoms with Crippen molar-refractivity contribution in [2.75, 3.05) is 50.4 Å². The summed E-state index contributed by atoms with van der Waals surface area (Å²) in [6, 6.07) is 0. The molecule has 9 heteroatoms. The Morgan fingerprint density at radius 1 is 1.00 bits per heavy atom. The van der Waals surface area contributed by atoms with Crippen LogP contribution < -0.4 is 0 Å². The highest BCUT2D eigenvalue weighted by molar-refractivity contribution is 7.91. The van der Waals surface area contributed by atoms with Crippen LogP contribution in [0.4, 0.5) is 0 Å². The monoisotopic (exact) mass is 284 g/mol. The Labute approximate surface area is 101 Å². The van der Waals surface area contributed by atoms with Crippen LogP contribution in [0, 0.1) is 0 Å². The Bertz CT molecular complexity index is 458. The molecule has 100 valence electrons. The Kier molecular flexibility index (Phi) is 3.74. The van der Waals surface area contributed by atoms with Crippen LogP contribution in [0.2, 0.25) is 0 Å². The summed E-state index contributed by atoms with van der Waals surface area (Å²) in [5.41, 5.74) is 0. The smallest absolute Gasteiger partial charge is 0.219 e. The molecular weight excluding hydrogens is 268 g/mol. The molecule has 0 spiro atoms. The summed E-state index contributed by atoms with van der Waals surface area (Å²) in [5.74, 6) is 0.197. The molecule has 0 aromatic rings. The van der Waals surface area contributed by atoms with Crippen molar-refractivity contribution >= 4 is 19.9 Å². The van der Waals surface area contributed by atoms with Crippen molar-refractivity contribution in [1.82, 2.24) is 9.21 Å². The Hall–Kier alpha value is -0.220. The van der Waals surface area contributed by atoms with Gasteiger partial charge in [0.1, 0.15) is 6.73 Å². The van der Waals surface area contributed by atoms with Gasteiger partial charge in [-0.05, 0) is 0 Å². The average Bonchev–Trinajstić information content (AvgIpc) is 2.24. The van der Waals surface area contributed by atoms with Crippen LogP contribution in [-0.2, 0) is 24.6 Å². The molecule has 2 aliphatic heterocycles. The van der Waals surface area contributed by atoms with Crippen molar-refractivity contribution in [2.24, 2.45) is 0 Å². The molecule has 0 aromatic heterocycles. The molecule has 17 heavy (non-hydrogen) atoms. The number of ether oxygens (including phenoxy) is 1. The first-order chi connectivity index (χ1) is 7.89. The van der Waals surface area contributed by atoms with Crippen LogP contribution >= 0.6 is 0 Å². The second kappa shape index (κ2) is 4.81. The molecule has 2 heterocycles. The third kappa shape index (κ3) is 3.38. The summed E-state index contributed by atoms with van der Waals surface area (Å²) in [7, 11) is -6.16. The van der Waals surface area contributed by atoms with Crippen LogP contribution in [0.5, 0.6) is 0 Å². The van der Waals surface area contributed by atoms with E-state index in [2.05, 4.69) is 0 Å². The molecule has 0 N–H and O–H groups in total. The third-order valence-electron chi connectivity index (χ3n) is 2.91. The predicted octanol–water partition coefficient (Wildman–Crippen LogP) is -1.71. The zero-order chi connectivity index (χ0) is 12.5. The first-order valence-electron chi connectivity index (χ1n) is 5.37. The van der Waals surface area contributed by atoms with E-state index in [1.54, 1.807) is 0 Å². The SMILES string of the molecule is O=S1(=O)CCN(CN2COCCS2(=O)=O)CC1.